The summed E-state index contributed by atoms with van der Waals surface area (Å²) < 4.78 is 29.8. The number of rotatable bonds is 4. The number of nitrogens with two attached hydrogens (primary N) is 1. The lowest BCUT2D eigenvalue weighted by atomic mass is 9.79. The van der Waals surface area contributed by atoms with Crippen molar-refractivity contribution < 1.29 is 13.2 Å². The molecule has 2 N–H and O–H groups in total. The summed E-state index contributed by atoms with van der Waals surface area (Å²) in [6.07, 6.45) is 9.14. The smallest absolute Gasteiger partial charge is 0.150 e. The Morgan fingerprint density at radius 2 is 1.85 bits per heavy atom. The van der Waals surface area contributed by atoms with Crippen LogP contribution in [0.25, 0.3) is 0 Å². The predicted octanol–water partition coefficient (Wildman–Crippen LogP) is 2.27. The topological polar surface area (TPSA) is 69.4 Å². The van der Waals surface area contributed by atoms with Crippen molar-refractivity contribution in [3.8, 4) is 0 Å². The highest BCUT2D eigenvalue weighted by atomic mass is 32.2. The van der Waals surface area contributed by atoms with Gasteiger partial charge in [-0.05, 0) is 57.3 Å². The summed E-state index contributed by atoms with van der Waals surface area (Å²) in [5, 5.41) is -0.224. The normalized spacial score (nSPS) is 39.6. The molecule has 0 amide bonds. The Morgan fingerprint density at radius 3 is 2.40 bits per heavy atom. The number of sulfone groups is 1. The van der Waals surface area contributed by atoms with E-state index in [0.29, 0.717) is 13.0 Å². The first-order valence-corrected chi connectivity index (χ1v) is 9.87. The zero-order chi connectivity index (χ0) is 14.8. The van der Waals surface area contributed by atoms with Crippen molar-refractivity contribution in [3.05, 3.63) is 0 Å². The molecule has 2 aliphatic rings. The summed E-state index contributed by atoms with van der Waals surface area (Å²) in [5.74, 6) is 0.758. The molecule has 0 aromatic carbocycles. The van der Waals surface area contributed by atoms with Crippen LogP contribution in [0.3, 0.4) is 0 Å². The molecule has 0 saturated heterocycles. The molecule has 2 unspecified atom stereocenters. The Kier molecular flexibility index (Phi) is 5.14. The second-order valence-corrected chi connectivity index (χ2v) is 9.25. The van der Waals surface area contributed by atoms with Crippen molar-refractivity contribution in [2.75, 3.05) is 12.8 Å². The van der Waals surface area contributed by atoms with Crippen LogP contribution in [0.1, 0.15) is 58.3 Å². The van der Waals surface area contributed by atoms with Crippen molar-refractivity contribution >= 4 is 9.84 Å². The summed E-state index contributed by atoms with van der Waals surface area (Å²) in [6.45, 7) is 2.83. The van der Waals surface area contributed by atoms with E-state index in [9.17, 15) is 8.42 Å². The summed E-state index contributed by atoms with van der Waals surface area (Å²) in [5.41, 5.74) is 5.78. The second kappa shape index (κ2) is 6.32. The van der Waals surface area contributed by atoms with E-state index < -0.39 is 9.84 Å². The van der Waals surface area contributed by atoms with Gasteiger partial charge in [-0.15, -0.1) is 0 Å². The highest BCUT2D eigenvalue weighted by molar-refractivity contribution is 7.91. The van der Waals surface area contributed by atoms with Crippen LogP contribution in [0.5, 0.6) is 0 Å². The summed E-state index contributed by atoms with van der Waals surface area (Å²) in [4.78, 5) is 0. The third-order valence-electron chi connectivity index (χ3n) is 5.16. The van der Waals surface area contributed by atoms with Crippen LogP contribution >= 0.6 is 0 Å². The molecule has 2 fully saturated rings. The van der Waals surface area contributed by atoms with Crippen LogP contribution in [-0.2, 0) is 14.6 Å². The largest absolute Gasteiger partial charge is 0.370 e. The zero-order valence-electron chi connectivity index (χ0n) is 12.8. The van der Waals surface area contributed by atoms with Gasteiger partial charge in [-0.3, -0.25) is 0 Å². The molecule has 0 spiro atoms. The number of hydrogen-bond acceptors (Lipinski definition) is 4. The Bertz CT molecular complexity index is 413. The van der Waals surface area contributed by atoms with Crippen molar-refractivity contribution in [1.82, 2.24) is 0 Å². The maximum atomic E-state index is 11.7. The molecule has 2 saturated carbocycles. The lowest BCUT2D eigenvalue weighted by molar-refractivity contribution is -0.122. The highest BCUT2D eigenvalue weighted by Crippen LogP contribution is 2.37. The van der Waals surface area contributed by atoms with E-state index in [1.165, 1.54) is 19.1 Å². The Hall–Kier alpha value is -0.130. The van der Waals surface area contributed by atoms with Gasteiger partial charge in [-0.2, -0.15) is 0 Å². The minimum Gasteiger partial charge on any atom is -0.370 e. The quantitative estimate of drug-likeness (QED) is 0.865. The standard InChI is InChI=1S/C15H29NO3S/c1-12-6-8-15(11-16,9-7-12)19-13-4-3-5-14(10-13)20(2,17)18/h12-14H,3-11,16H2,1-2H3. The molecule has 2 aliphatic carbocycles. The van der Waals surface area contributed by atoms with Crippen LogP contribution < -0.4 is 5.73 Å². The molecule has 0 aromatic rings. The molecular weight excluding hydrogens is 274 g/mol. The fraction of sp³-hybridized carbons (Fsp3) is 1.00. The first-order valence-electron chi connectivity index (χ1n) is 7.91. The monoisotopic (exact) mass is 303 g/mol. The van der Waals surface area contributed by atoms with E-state index in [0.717, 1.165) is 38.0 Å². The lowest BCUT2D eigenvalue weighted by Gasteiger charge is -2.42. The van der Waals surface area contributed by atoms with E-state index in [1.807, 2.05) is 0 Å². The second-order valence-electron chi connectivity index (χ2n) is 6.93. The highest BCUT2D eigenvalue weighted by Gasteiger charge is 2.38. The average molecular weight is 303 g/mol. The lowest BCUT2D eigenvalue weighted by Crippen LogP contribution is -2.47. The van der Waals surface area contributed by atoms with Crippen LogP contribution in [0.4, 0.5) is 0 Å². The summed E-state index contributed by atoms with van der Waals surface area (Å²) >= 11 is 0. The van der Waals surface area contributed by atoms with Crippen LogP contribution in [0.2, 0.25) is 0 Å². The maximum absolute atomic E-state index is 11.7. The summed E-state index contributed by atoms with van der Waals surface area (Å²) in [7, 11) is -2.95. The van der Waals surface area contributed by atoms with Crippen LogP contribution in [0.15, 0.2) is 0 Å². The molecule has 0 aliphatic heterocycles. The molecule has 4 nitrogen and oxygen atoms in total. The Labute approximate surface area is 123 Å². The molecule has 20 heavy (non-hydrogen) atoms. The van der Waals surface area contributed by atoms with Gasteiger partial charge in [0.25, 0.3) is 0 Å². The number of hydrogen-bond donors (Lipinski definition) is 1. The van der Waals surface area contributed by atoms with Gasteiger partial charge in [0.1, 0.15) is 9.84 Å². The van der Waals surface area contributed by atoms with Gasteiger partial charge < -0.3 is 10.5 Å². The van der Waals surface area contributed by atoms with E-state index in [-0.39, 0.29) is 17.0 Å². The van der Waals surface area contributed by atoms with Crippen molar-refractivity contribution in [1.29, 1.82) is 0 Å². The van der Waals surface area contributed by atoms with Crippen molar-refractivity contribution in [2.45, 2.75) is 75.2 Å². The molecule has 2 atom stereocenters. The van der Waals surface area contributed by atoms with Crippen molar-refractivity contribution in [2.24, 2.45) is 11.7 Å². The van der Waals surface area contributed by atoms with Gasteiger partial charge in [0.15, 0.2) is 0 Å². The fourth-order valence-electron chi connectivity index (χ4n) is 3.61. The van der Waals surface area contributed by atoms with Gasteiger partial charge in [0.05, 0.1) is 17.0 Å². The van der Waals surface area contributed by atoms with Gasteiger partial charge in [0.2, 0.25) is 0 Å². The minimum absolute atomic E-state index is 0.0698. The molecule has 0 radical (unpaired) electrons. The van der Waals surface area contributed by atoms with Crippen molar-refractivity contribution in [3.63, 3.8) is 0 Å². The molecule has 118 valence electrons. The predicted molar refractivity (Wildman–Crippen MR) is 81.4 cm³/mol. The van der Waals surface area contributed by atoms with Gasteiger partial charge in [-0.25, -0.2) is 8.42 Å². The van der Waals surface area contributed by atoms with E-state index >= 15 is 0 Å². The van der Waals surface area contributed by atoms with E-state index in [4.69, 9.17) is 10.5 Å². The zero-order valence-corrected chi connectivity index (χ0v) is 13.6. The molecule has 0 aromatic heterocycles. The minimum atomic E-state index is -2.95. The van der Waals surface area contributed by atoms with Crippen LogP contribution in [-0.4, -0.2) is 38.2 Å². The third kappa shape index (κ3) is 3.95. The van der Waals surface area contributed by atoms with E-state index in [2.05, 4.69) is 6.92 Å². The average Bonchev–Trinajstić information content (AvgIpc) is 2.41. The Morgan fingerprint density at radius 1 is 1.20 bits per heavy atom. The Balaban J connectivity index is 1.97. The molecule has 0 heterocycles. The SMILES string of the molecule is CC1CCC(CN)(OC2CCCC(S(C)(=O)=O)C2)CC1. The molecule has 0 bridgehead atoms. The first kappa shape index (κ1) is 16.2. The van der Waals surface area contributed by atoms with Gasteiger partial charge in [-0.1, -0.05) is 6.92 Å². The molecular formula is C15H29NO3S. The molecule has 2 rings (SSSR count). The first-order chi connectivity index (χ1) is 9.35. The fourth-order valence-corrected chi connectivity index (χ4v) is 4.77. The maximum Gasteiger partial charge on any atom is 0.150 e. The summed E-state index contributed by atoms with van der Waals surface area (Å²) in [6, 6.07) is 0. The third-order valence-corrected chi connectivity index (χ3v) is 6.80. The number of ether oxygens (including phenoxy) is 1. The van der Waals surface area contributed by atoms with Gasteiger partial charge in [0, 0.05) is 12.8 Å². The molecule has 5 heteroatoms. The van der Waals surface area contributed by atoms with Gasteiger partial charge >= 0.3 is 0 Å². The van der Waals surface area contributed by atoms with E-state index in [1.54, 1.807) is 0 Å². The van der Waals surface area contributed by atoms with Crippen LogP contribution in [0, 0.1) is 5.92 Å².